The Morgan fingerprint density at radius 3 is 2.77 bits per heavy atom. The van der Waals surface area contributed by atoms with Crippen LogP contribution in [-0.2, 0) is 4.79 Å². The first-order valence-electron chi connectivity index (χ1n) is 7.11. The number of anilines is 1. The molecule has 0 unspecified atom stereocenters. The van der Waals surface area contributed by atoms with Crippen molar-refractivity contribution in [3.05, 3.63) is 53.9 Å². The van der Waals surface area contributed by atoms with E-state index in [9.17, 15) is 9.90 Å². The second-order valence-electron chi connectivity index (χ2n) is 5.17. The summed E-state index contributed by atoms with van der Waals surface area (Å²) in [6.07, 6.45) is 1.73. The van der Waals surface area contributed by atoms with E-state index in [0.29, 0.717) is 29.3 Å². The number of halogens is 3. The van der Waals surface area contributed by atoms with Crippen LogP contribution >= 0.6 is 74.1 Å². The monoisotopic (exact) mass is 581 g/mol. The Bertz CT molecular complexity index is 967. The molecule has 1 amide bonds. The molecule has 1 aliphatic heterocycles. The SMILES string of the molecule is COc1cc(/C=C2/SC(=S)N(c3ccc(Br)c(Cl)c3)C2=O)cc(I)c1O. The summed E-state index contributed by atoms with van der Waals surface area (Å²) in [5.41, 5.74) is 1.35. The van der Waals surface area contributed by atoms with Crippen LogP contribution < -0.4 is 9.64 Å². The molecule has 2 aromatic rings. The molecule has 0 radical (unpaired) electrons. The van der Waals surface area contributed by atoms with Crippen molar-refractivity contribution >= 4 is 96.1 Å². The Labute approximate surface area is 186 Å². The van der Waals surface area contributed by atoms with Crippen LogP contribution in [-0.4, -0.2) is 22.4 Å². The molecular formula is C17H10BrClINO3S2. The number of ether oxygens (including phenoxy) is 1. The zero-order valence-electron chi connectivity index (χ0n) is 13.1. The Morgan fingerprint density at radius 1 is 1.38 bits per heavy atom. The summed E-state index contributed by atoms with van der Waals surface area (Å²) in [6.45, 7) is 0. The molecule has 134 valence electrons. The molecule has 0 aliphatic carbocycles. The number of phenols is 1. The van der Waals surface area contributed by atoms with Gasteiger partial charge >= 0.3 is 0 Å². The Balaban J connectivity index is 1.97. The van der Waals surface area contributed by atoms with Crippen molar-refractivity contribution in [3.8, 4) is 11.5 Å². The molecule has 1 fully saturated rings. The molecule has 26 heavy (non-hydrogen) atoms. The molecule has 2 aromatic carbocycles. The summed E-state index contributed by atoms with van der Waals surface area (Å²) in [5, 5.41) is 10.4. The number of nitrogens with zero attached hydrogens (tertiary/aromatic N) is 1. The number of hydrogen-bond acceptors (Lipinski definition) is 5. The normalized spacial score (nSPS) is 15.8. The molecule has 0 aromatic heterocycles. The largest absolute Gasteiger partial charge is 0.504 e. The van der Waals surface area contributed by atoms with Crippen LogP contribution in [0.15, 0.2) is 39.7 Å². The van der Waals surface area contributed by atoms with Crippen LogP contribution in [0.3, 0.4) is 0 Å². The van der Waals surface area contributed by atoms with Crippen LogP contribution in [0.5, 0.6) is 11.5 Å². The van der Waals surface area contributed by atoms with Gasteiger partial charge in [-0.15, -0.1) is 0 Å². The van der Waals surface area contributed by atoms with E-state index in [1.54, 1.807) is 36.4 Å². The van der Waals surface area contributed by atoms with E-state index in [4.69, 9.17) is 28.6 Å². The highest BCUT2D eigenvalue weighted by Crippen LogP contribution is 2.39. The van der Waals surface area contributed by atoms with Gasteiger partial charge in [-0.05, 0) is 80.5 Å². The standard InChI is InChI=1S/C17H10BrClINO3S2/c1-24-13-5-8(4-12(20)15(13)22)6-14-16(23)21(17(25)26-14)9-2-3-10(18)11(19)7-9/h2-7,22H,1H3/b14-6+. The minimum Gasteiger partial charge on any atom is -0.504 e. The molecule has 1 aliphatic rings. The first-order valence-corrected chi connectivity index (χ1v) is 10.6. The molecule has 4 nitrogen and oxygen atoms in total. The van der Waals surface area contributed by atoms with Crippen molar-refractivity contribution in [1.82, 2.24) is 0 Å². The van der Waals surface area contributed by atoms with E-state index >= 15 is 0 Å². The van der Waals surface area contributed by atoms with E-state index in [-0.39, 0.29) is 11.7 Å². The molecule has 0 atom stereocenters. The molecule has 0 spiro atoms. The maximum atomic E-state index is 12.8. The van der Waals surface area contributed by atoms with E-state index in [0.717, 1.165) is 10.0 Å². The lowest BCUT2D eigenvalue weighted by molar-refractivity contribution is -0.113. The quantitative estimate of drug-likeness (QED) is 0.281. The fourth-order valence-electron chi connectivity index (χ4n) is 2.30. The highest BCUT2D eigenvalue weighted by atomic mass is 127. The van der Waals surface area contributed by atoms with Crippen LogP contribution in [0.25, 0.3) is 6.08 Å². The number of benzene rings is 2. The van der Waals surface area contributed by atoms with Crippen molar-refractivity contribution in [2.75, 3.05) is 12.0 Å². The average Bonchev–Trinajstić information content (AvgIpc) is 2.87. The fourth-order valence-corrected chi connectivity index (χ4v) is 4.64. The lowest BCUT2D eigenvalue weighted by Gasteiger charge is -2.15. The maximum Gasteiger partial charge on any atom is 0.270 e. The third-order valence-corrected chi connectivity index (χ3v) is 6.88. The number of methoxy groups -OCH3 is 1. The Kier molecular flexibility index (Phi) is 6.18. The summed E-state index contributed by atoms with van der Waals surface area (Å²) >= 11 is 18.1. The van der Waals surface area contributed by atoms with Crippen molar-refractivity contribution in [2.45, 2.75) is 0 Å². The molecule has 3 rings (SSSR count). The van der Waals surface area contributed by atoms with Gasteiger partial charge in [-0.25, -0.2) is 0 Å². The van der Waals surface area contributed by atoms with Gasteiger partial charge in [0, 0.05) is 4.47 Å². The van der Waals surface area contributed by atoms with Crippen LogP contribution in [0, 0.1) is 3.57 Å². The minimum atomic E-state index is -0.222. The van der Waals surface area contributed by atoms with Gasteiger partial charge in [-0.2, -0.15) is 0 Å². The number of carbonyl (C=O) groups excluding carboxylic acids is 1. The van der Waals surface area contributed by atoms with E-state index in [1.807, 2.05) is 22.6 Å². The number of aromatic hydroxyl groups is 1. The highest BCUT2D eigenvalue weighted by molar-refractivity contribution is 14.1. The van der Waals surface area contributed by atoms with Gasteiger partial charge in [0.1, 0.15) is 0 Å². The Morgan fingerprint density at radius 2 is 2.12 bits per heavy atom. The maximum absolute atomic E-state index is 12.8. The van der Waals surface area contributed by atoms with Gasteiger partial charge in [0.25, 0.3) is 5.91 Å². The number of rotatable bonds is 3. The number of amides is 1. The van der Waals surface area contributed by atoms with Gasteiger partial charge in [-0.3, -0.25) is 9.69 Å². The summed E-state index contributed by atoms with van der Waals surface area (Å²) in [5.74, 6) is 0.195. The number of thiocarbonyl (C=S) groups is 1. The zero-order chi connectivity index (χ0) is 19.0. The topological polar surface area (TPSA) is 49.8 Å². The average molecular weight is 583 g/mol. The lowest BCUT2D eigenvalue weighted by Crippen LogP contribution is -2.27. The molecule has 0 bridgehead atoms. The number of carbonyl (C=O) groups is 1. The molecule has 0 saturated carbocycles. The molecule has 1 saturated heterocycles. The van der Waals surface area contributed by atoms with Gasteiger partial charge in [-0.1, -0.05) is 35.6 Å². The highest BCUT2D eigenvalue weighted by Gasteiger charge is 2.33. The van der Waals surface area contributed by atoms with Gasteiger partial charge in [0.05, 0.1) is 26.3 Å². The van der Waals surface area contributed by atoms with Gasteiger partial charge in [0.2, 0.25) is 0 Å². The van der Waals surface area contributed by atoms with E-state index in [1.165, 1.54) is 23.8 Å². The minimum absolute atomic E-state index is 0.0716. The number of phenolic OH excluding ortho intramolecular Hbond substituents is 1. The second-order valence-corrected chi connectivity index (χ2v) is 9.27. The van der Waals surface area contributed by atoms with Crippen molar-refractivity contribution in [3.63, 3.8) is 0 Å². The predicted octanol–water partition coefficient (Wildman–Crippen LogP) is 5.83. The second kappa shape index (κ2) is 8.05. The number of thioether (sulfide) groups is 1. The van der Waals surface area contributed by atoms with E-state index < -0.39 is 0 Å². The van der Waals surface area contributed by atoms with Gasteiger partial charge in [0.15, 0.2) is 15.8 Å². The molecule has 1 heterocycles. The number of hydrogen-bond donors (Lipinski definition) is 1. The smallest absolute Gasteiger partial charge is 0.270 e. The first kappa shape index (κ1) is 19.9. The lowest BCUT2D eigenvalue weighted by atomic mass is 10.2. The molecule has 9 heteroatoms. The van der Waals surface area contributed by atoms with Crippen LogP contribution in [0.1, 0.15) is 5.56 Å². The Hall–Kier alpha value is -0.810. The van der Waals surface area contributed by atoms with Crippen molar-refractivity contribution in [1.29, 1.82) is 0 Å². The summed E-state index contributed by atoms with van der Waals surface area (Å²) in [4.78, 5) is 14.8. The third kappa shape index (κ3) is 3.89. The summed E-state index contributed by atoms with van der Waals surface area (Å²) in [7, 11) is 1.48. The predicted molar refractivity (Wildman–Crippen MR) is 122 cm³/mol. The fraction of sp³-hybridized carbons (Fsp3) is 0.0588. The summed E-state index contributed by atoms with van der Waals surface area (Å²) in [6, 6.07) is 8.66. The van der Waals surface area contributed by atoms with Gasteiger partial charge < -0.3 is 9.84 Å². The van der Waals surface area contributed by atoms with E-state index in [2.05, 4.69) is 15.9 Å². The van der Waals surface area contributed by atoms with Crippen molar-refractivity contribution in [2.24, 2.45) is 0 Å². The summed E-state index contributed by atoms with van der Waals surface area (Å²) < 4.78 is 6.97. The first-order chi connectivity index (χ1) is 12.3. The third-order valence-electron chi connectivity index (χ3n) is 3.52. The van der Waals surface area contributed by atoms with Crippen LogP contribution in [0.4, 0.5) is 5.69 Å². The molecule has 1 N–H and O–H groups in total. The van der Waals surface area contributed by atoms with Crippen LogP contribution in [0.2, 0.25) is 5.02 Å². The van der Waals surface area contributed by atoms with Crippen molar-refractivity contribution < 1.29 is 14.6 Å². The molecular weight excluding hydrogens is 573 g/mol. The zero-order valence-corrected chi connectivity index (χ0v) is 19.3.